The largest absolute Gasteiger partial charge is 0.462 e. The van der Waals surface area contributed by atoms with Gasteiger partial charge in [-0.1, -0.05) is 64.1 Å². The predicted octanol–water partition coefficient (Wildman–Crippen LogP) is 5.66. The Hall–Kier alpha value is -2.39. The number of rotatable bonds is 4. The molecule has 0 saturated carbocycles. The van der Waals surface area contributed by atoms with Gasteiger partial charge >= 0.3 is 5.97 Å². The molecule has 1 unspecified atom stereocenters. The second-order valence-electron chi connectivity index (χ2n) is 9.26. The van der Waals surface area contributed by atoms with Gasteiger partial charge in [-0.25, -0.2) is 4.79 Å². The fourth-order valence-electron chi connectivity index (χ4n) is 4.16. The highest BCUT2D eigenvalue weighted by Gasteiger charge is 2.43. The van der Waals surface area contributed by atoms with E-state index in [1.807, 2.05) is 12.1 Å². The van der Waals surface area contributed by atoms with Crippen molar-refractivity contribution in [3.8, 4) is 0 Å². The molecule has 0 amide bonds. The molecule has 1 N–H and O–H groups in total. The van der Waals surface area contributed by atoms with E-state index in [1.54, 1.807) is 19.1 Å². The van der Waals surface area contributed by atoms with Gasteiger partial charge in [-0.05, 0) is 65.6 Å². The summed E-state index contributed by atoms with van der Waals surface area (Å²) in [5, 5.41) is 10.7. The minimum atomic E-state index is -0.344. The van der Waals surface area contributed by atoms with Crippen molar-refractivity contribution in [2.45, 2.75) is 64.9 Å². The van der Waals surface area contributed by atoms with E-state index in [0.717, 1.165) is 12.0 Å². The molecular weight excluding hydrogens is 360 g/mol. The molecule has 0 aromatic heterocycles. The lowest BCUT2D eigenvalue weighted by Crippen LogP contribution is -2.45. The average molecular weight is 393 g/mol. The molecule has 2 aromatic rings. The van der Waals surface area contributed by atoms with Crippen LogP contribution in [0.1, 0.15) is 79.2 Å². The normalized spacial score (nSPS) is 19.8. The standard InChI is InChI=1S/C26H32O3/c1-7-29-24(28)19-11-8-18(9-12-19)10-13-20-15-21-22(14-17(20)2)26(5,6)23(27)16-25(21,3)4/h8-15,23,27H,7,16H2,1-6H3/b13-10+. The molecule has 0 fully saturated rings. The smallest absolute Gasteiger partial charge is 0.338 e. The third-order valence-electron chi connectivity index (χ3n) is 6.24. The maximum Gasteiger partial charge on any atom is 0.338 e. The van der Waals surface area contributed by atoms with Crippen molar-refractivity contribution < 1.29 is 14.6 Å². The van der Waals surface area contributed by atoms with E-state index < -0.39 is 0 Å². The van der Waals surface area contributed by atoms with E-state index in [2.05, 4.69) is 58.9 Å². The van der Waals surface area contributed by atoms with Crippen LogP contribution in [0.2, 0.25) is 0 Å². The molecule has 3 rings (SSSR count). The Balaban J connectivity index is 1.92. The van der Waals surface area contributed by atoms with Crippen LogP contribution in [0.4, 0.5) is 0 Å². The van der Waals surface area contributed by atoms with Crippen molar-refractivity contribution in [1.82, 2.24) is 0 Å². The Morgan fingerprint density at radius 1 is 1.10 bits per heavy atom. The van der Waals surface area contributed by atoms with Crippen molar-refractivity contribution in [1.29, 1.82) is 0 Å². The van der Waals surface area contributed by atoms with Crippen LogP contribution in [0.15, 0.2) is 36.4 Å². The van der Waals surface area contributed by atoms with Gasteiger partial charge in [-0.2, -0.15) is 0 Å². The summed E-state index contributed by atoms with van der Waals surface area (Å²) in [6, 6.07) is 12.0. The molecule has 0 aliphatic heterocycles. The number of benzene rings is 2. The first-order chi connectivity index (χ1) is 13.6. The lowest BCUT2D eigenvalue weighted by Gasteiger charge is -2.45. The number of fused-ring (bicyclic) bond motifs is 1. The number of ether oxygens (including phenoxy) is 1. The van der Waals surface area contributed by atoms with Crippen molar-refractivity contribution in [2.24, 2.45) is 0 Å². The molecule has 1 aliphatic carbocycles. The van der Waals surface area contributed by atoms with E-state index in [1.165, 1.54) is 22.3 Å². The second-order valence-corrected chi connectivity index (χ2v) is 9.26. The van der Waals surface area contributed by atoms with Crippen LogP contribution in [0.3, 0.4) is 0 Å². The number of aliphatic hydroxyl groups is 1. The summed E-state index contributed by atoms with van der Waals surface area (Å²) in [5.74, 6) is -0.291. The Morgan fingerprint density at radius 3 is 2.38 bits per heavy atom. The van der Waals surface area contributed by atoms with Gasteiger partial charge in [0, 0.05) is 5.41 Å². The summed E-state index contributed by atoms with van der Waals surface area (Å²) in [7, 11) is 0. The minimum Gasteiger partial charge on any atom is -0.462 e. The Labute approximate surface area is 174 Å². The van der Waals surface area contributed by atoms with Crippen LogP contribution in [0.5, 0.6) is 0 Å². The zero-order valence-corrected chi connectivity index (χ0v) is 18.4. The molecule has 29 heavy (non-hydrogen) atoms. The first kappa shape index (κ1) is 21.3. The fourth-order valence-corrected chi connectivity index (χ4v) is 4.16. The quantitative estimate of drug-likeness (QED) is 0.539. The topological polar surface area (TPSA) is 46.5 Å². The lowest BCUT2D eigenvalue weighted by atomic mass is 9.61. The molecule has 2 aromatic carbocycles. The molecule has 0 heterocycles. The van der Waals surface area contributed by atoms with E-state index in [4.69, 9.17) is 4.74 Å². The van der Waals surface area contributed by atoms with Gasteiger partial charge in [0.15, 0.2) is 0 Å². The summed E-state index contributed by atoms with van der Waals surface area (Å²) in [4.78, 5) is 11.8. The van der Waals surface area contributed by atoms with Crippen LogP contribution >= 0.6 is 0 Å². The summed E-state index contributed by atoms with van der Waals surface area (Å²) in [6.45, 7) is 13.0. The van der Waals surface area contributed by atoms with E-state index >= 15 is 0 Å². The monoisotopic (exact) mass is 392 g/mol. The zero-order valence-electron chi connectivity index (χ0n) is 18.4. The molecule has 1 aliphatic rings. The maximum atomic E-state index is 11.8. The highest BCUT2D eigenvalue weighted by Crippen LogP contribution is 2.46. The van der Waals surface area contributed by atoms with E-state index in [0.29, 0.717) is 12.2 Å². The third-order valence-corrected chi connectivity index (χ3v) is 6.24. The molecular formula is C26H32O3. The lowest BCUT2D eigenvalue weighted by molar-refractivity contribution is 0.0526. The highest BCUT2D eigenvalue weighted by atomic mass is 16.5. The maximum absolute atomic E-state index is 11.8. The molecule has 0 saturated heterocycles. The molecule has 154 valence electrons. The van der Waals surface area contributed by atoms with Crippen LogP contribution in [-0.2, 0) is 15.6 Å². The molecule has 0 spiro atoms. The van der Waals surface area contributed by atoms with Gasteiger partial charge in [0.25, 0.3) is 0 Å². The summed E-state index contributed by atoms with van der Waals surface area (Å²) < 4.78 is 5.03. The first-order valence-electron chi connectivity index (χ1n) is 10.3. The third kappa shape index (κ3) is 4.16. The van der Waals surface area contributed by atoms with Gasteiger partial charge in [-0.3, -0.25) is 0 Å². The highest BCUT2D eigenvalue weighted by molar-refractivity contribution is 5.89. The van der Waals surface area contributed by atoms with Crippen LogP contribution in [-0.4, -0.2) is 23.8 Å². The summed E-state index contributed by atoms with van der Waals surface area (Å²) in [6.07, 6.45) is 4.61. The second kappa shape index (κ2) is 7.79. The van der Waals surface area contributed by atoms with E-state index in [9.17, 15) is 9.90 Å². The van der Waals surface area contributed by atoms with Crippen LogP contribution in [0.25, 0.3) is 12.2 Å². The zero-order chi connectivity index (χ0) is 21.4. The van der Waals surface area contributed by atoms with Gasteiger partial charge in [0.1, 0.15) is 0 Å². The van der Waals surface area contributed by atoms with Gasteiger partial charge in [-0.15, -0.1) is 0 Å². The number of esters is 1. The van der Waals surface area contributed by atoms with Crippen molar-refractivity contribution in [3.63, 3.8) is 0 Å². The Morgan fingerprint density at radius 2 is 1.76 bits per heavy atom. The minimum absolute atomic E-state index is 0.0676. The van der Waals surface area contributed by atoms with Gasteiger partial charge in [0.2, 0.25) is 0 Å². The van der Waals surface area contributed by atoms with Crippen molar-refractivity contribution in [2.75, 3.05) is 6.61 Å². The van der Waals surface area contributed by atoms with E-state index in [-0.39, 0.29) is 22.9 Å². The number of hydrogen-bond donors (Lipinski definition) is 1. The SMILES string of the molecule is CCOC(=O)c1ccc(/C=C/c2cc3c(cc2C)C(C)(C)C(O)CC3(C)C)cc1. The Bertz CT molecular complexity index is 933. The summed E-state index contributed by atoms with van der Waals surface area (Å²) in [5.41, 5.74) is 6.22. The molecule has 3 nitrogen and oxygen atoms in total. The predicted molar refractivity (Wildman–Crippen MR) is 119 cm³/mol. The molecule has 3 heteroatoms. The number of carbonyl (C=O) groups excluding carboxylic acids is 1. The molecule has 0 bridgehead atoms. The van der Waals surface area contributed by atoms with Gasteiger partial charge in [0.05, 0.1) is 18.3 Å². The number of hydrogen-bond acceptors (Lipinski definition) is 3. The van der Waals surface area contributed by atoms with Gasteiger partial charge < -0.3 is 9.84 Å². The van der Waals surface area contributed by atoms with Crippen LogP contribution in [0, 0.1) is 6.92 Å². The summed E-state index contributed by atoms with van der Waals surface area (Å²) >= 11 is 0. The fraction of sp³-hybridized carbons (Fsp3) is 0.423. The van der Waals surface area contributed by atoms with Crippen molar-refractivity contribution >= 4 is 18.1 Å². The molecule has 1 atom stereocenters. The number of aliphatic hydroxyl groups excluding tert-OH is 1. The van der Waals surface area contributed by atoms with Crippen molar-refractivity contribution in [3.05, 3.63) is 69.8 Å². The van der Waals surface area contributed by atoms with Crippen LogP contribution < -0.4 is 0 Å². The molecule has 0 radical (unpaired) electrons. The average Bonchev–Trinajstić information content (AvgIpc) is 2.66. The number of aryl methyl sites for hydroxylation is 1. The Kier molecular flexibility index (Phi) is 5.73. The number of carbonyl (C=O) groups is 1. The first-order valence-corrected chi connectivity index (χ1v) is 10.3.